The van der Waals surface area contributed by atoms with E-state index in [4.69, 9.17) is 23.8 Å². The van der Waals surface area contributed by atoms with Crippen LogP contribution < -0.4 is 10.9 Å². The van der Waals surface area contributed by atoms with Gasteiger partial charge in [-0.2, -0.15) is 5.26 Å². The van der Waals surface area contributed by atoms with Gasteiger partial charge < -0.3 is 10.3 Å². The second-order valence-electron chi connectivity index (χ2n) is 5.60. The van der Waals surface area contributed by atoms with Gasteiger partial charge in [0.2, 0.25) is 0 Å². The average Bonchev–Trinajstić information content (AvgIpc) is 2.65. The van der Waals surface area contributed by atoms with E-state index >= 15 is 0 Å². The Hall–Kier alpha value is -3.22. The number of fused-ring (bicyclic) bond motifs is 1. The summed E-state index contributed by atoms with van der Waals surface area (Å²) in [5.41, 5.74) is 0.743. The largest absolute Gasteiger partial charge is 0.382 e. The van der Waals surface area contributed by atoms with Crippen LogP contribution in [0.1, 0.15) is 5.56 Å². The third kappa shape index (κ3) is 3.81. The van der Waals surface area contributed by atoms with E-state index in [-0.39, 0.29) is 34.7 Å². The quantitative estimate of drug-likeness (QED) is 0.383. The molecule has 0 saturated carbocycles. The van der Waals surface area contributed by atoms with Gasteiger partial charge in [-0.1, -0.05) is 11.6 Å². The van der Waals surface area contributed by atoms with Crippen molar-refractivity contribution in [2.75, 3.05) is 11.9 Å². The van der Waals surface area contributed by atoms with Gasteiger partial charge in [0, 0.05) is 30.2 Å². The maximum atomic E-state index is 12.6. The Bertz CT molecular complexity index is 1210. The van der Waals surface area contributed by atoms with Crippen molar-refractivity contribution >= 4 is 46.1 Å². The molecule has 0 amide bonds. The highest BCUT2D eigenvalue weighted by molar-refractivity contribution is 7.71. The van der Waals surface area contributed by atoms with Crippen LogP contribution in [0.3, 0.4) is 0 Å². The van der Waals surface area contributed by atoms with Gasteiger partial charge in [-0.05, 0) is 36.5 Å². The van der Waals surface area contributed by atoms with E-state index in [1.165, 1.54) is 22.8 Å². The van der Waals surface area contributed by atoms with Crippen molar-refractivity contribution < 1.29 is 4.92 Å². The molecular formula is C17H12ClN5O3S. The van der Waals surface area contributed by atoms with E-state index in [0.29, 0.717) is 21.6 Å². The molecule has 0 fully saturated rings. The van der Waals surface area contributed by atoms with Crippen molar-refractivity contribution in [2.24, 2.45) is 0 Å². The number of benzene rings is 2. The first kappa shape index (κ1) is 18.6. The molecule has 3 aromatic rings. The van der Waals surface area contributed by atoms with Crippen molar-refractivity contribution in [3.63, 3.8) is 0 Å². The van der Waals surface area contributed by atoms with E-state index in [1.54, 1.807) is 18.2 Å². The Morgan fingerprint density at radius 1 is 1.33 bits per heavy atom. The number of nitrogens with zero attached hydrogens (tertiary/aromatic N) is 3. The van der Waals surface area contributed by atoms with Gasteiger partial charge in [0.1, 0.15) is 6.07 Å². The third-order valence-electron chi connectivity index (χ3n) is 3.93. The number of hydrogen-bond donors (Lipinski definition) is 2. The highest BCUT2D eigenvalue weighted by atomic mass is 35.5. The number of anilines is 1. The van der Waals surface area contributed by atoms with Gasteiger partial charge in [-0.3, -0.25) is 19.5 Å². The summed E-state index contributed by atoms with van der Waals surface area (Å²) in [7, 11) is 0. The summed E-state index contributed by atoms with van der Waals surface area (Å²) in [5, 5.41) is 23.8. The molecule has 8 nitrogen and oxygen atoms in total. The molecule has 0 aliphatic heterocycles. The first-order valence-electron chi connectivity index (χ1n) is 7.75. The molecule has 0 unspecified atom stereocenters. The summed E-state index contributed by atoms with van der Waals surface area (Å²) in [4.78, 5) is 25.9. The molecule has 0 radical (unpaired) electrons. The fraction of sp³-hybridized carbons (Fsp3) is 0.118. The standard InChI is InChI=1S/C17H12ClN5O3S/c18-11-1-3-15-13(8-11)16(24)22(17(27)21-15)6-5-20-14-4-2-12(23(25)26)7-10(14)9-19/h1-4,7-8,20H,5-6H2,(H,21,27). The SMILES string of the molecule is N#Cc1cc([N+](=O)[O-])ccc1NCCn1c(=S)[nH]c2ccc(Cl)cc2c1=O. The lowest BCUT2D eigenvalue weighted by atomic mass is 10.1. The fourth-order valence-electron chi connectivity index (χ4n) is 2.62. The van der Waals surface area contributed by atoms with Crippen LogP contribution in [-0.2, 0) is 6.54 Å². The number of nitro benzene ring substituents is 1. The van der Waals surface area contributed by atoms with Crippen LogP contribution in [0.4, 0.5) is 11.4 Å². The second-order valence-corrected chi connectivity index (χ2v) is 6.43. The molecule has 2 aromatic carbocycles. The number of nitro groups is 1. The smallest absolute Gasteiger partial charge is 0.270 e. The zero-order valence-electron chi connectivity index (χ0n) is 13.7. The van der Waals surface area contributed by atoms with Crippen LogP contribution in [0.15, 0.2) is 41.2 Å². The monoisotopic (exact) mass is 401 g/mol. The lowest BCUT2D eigenvalue weighted by Crippen LogP contribution is -2.25. The number of nitriles is 1. The molecule has 0 saturated heterocycles. The van der Waals surface area contributed by atoms with Gasteiger partial charge in [0.05, 0.1) is 27.1 Å². The lowest BCUT2D eigenvalue weighted by molar-refractivity contribution is -0.384. The molecule has 2 N–H and O–H groups in total. The van der Waals surface area contributed by atoms with Gasteiger partial charge in [-0.15, -0.1) is 0 Å². The fourth-order valence-corrected chi connectivity index (χ4v) is 3.08. The van der Waals surface area contributed by atoms with Gasteiger partial charge in [-0.25, -0.2) is 0 Å². The highest BCUT2D eigenvalue weighted by Crippen LogP contribution is 2.21. The number of rotatable bonds is 5. The molecule has 0 bridgehead atoms. The van der Waals surface area contributed by atoms with Gasteiger partial charge >= 0.3 is 0 Å². The van der Waals surface area contributed by atoms with E-state index in [9.17, 15) is 20.2 Å². The Morgan fingerprint density at radius 2 is 2.11 bits per heavy atom. The summed E-state index contributed by atoms with van der Waals surface area (Å²) in [6, 6.07) is 10.8. The maximum absolute atomic E-state index is 12.6. The number of non-ortho nitro benzene ring substituents is 1. The first-order valence-corrected chi connectivity index (χ1v) is 8.54. The maximum Gasteiger partial charge on any atom is 0.270 e. The van der Waals surface area contributed by atoms with E-state index < -0.39 is 4.92 Å². The van der Waals surface area contributed by atoms with Crippen LogP contribution in [0.25, 0.3) is 10.9 Å². The average molecular weight is 402 g/mol. The number of nitrogens with one attached hydrogen (secondary N) is 2. The summed E-state index contributed by atoms with van der Waals surface area (Å²) in [6.07, 6.45) is 0. The minimum Gasteiger partial charge on any atom is -0.382 e. The highest BCUT2D eigenvalue weighted by Gasteiger charge is 2.11. The van der Waals surface area contributed by atoms with Gasteiger partial charge in [0.25, 0.3) is 11.2 Å². The topological polar surface area (TPSA) is 117 Å². The second kappa shape index (κ2) is 7.57. The van der Waals surface area contributed by atoms with Crippen LogP contribution in [0.2, 0.25) is 5.02 Å². The Balaban J connectivity index is 1.84. The molecule has 0 atom stereocenters. The Morgan fingerprint density at radius 3 is 2.81 bits per heavy atom. The number of halogens is 1. The molecule has 3 rings (SSSR count). The zero-order valence-corrected chi connectivity index (χ0v) is 15.3. The van der Waals surface area contributed by atoms with E-state index in [0.717, 1.165) is 0 Å². The summed E-state index contributed by atoms with van der Waals surface area (Å²) in [6.45, 7) is 0.522. The molecule has 10 heteroatoms. The Labute approximate surface area is 162 Å². The molecule has 0 spiro atoms. The minimum absolute atomic E-state index is 0.145. The normalized spacial score (nSPS) is 10.5. The Kier molecular flexibility index (Phi) is 5.21. The molecular weight excluding hydrogens is 390 g/mol. The van der Waals surface area contributed by atoms with Crippen LogP contribution >= 0.6 is 23.8 Å². The van der Waals surface area contributed by atoms with Crippen LogP contribution in [0, 0.1) is 26.2 Å². The molecule has 27 heavy (non-hydrogen) atoms. The van der Waals surface area contributed by atoms with Crippen molar-refractivity contribution in [1.29, 1.82) is 5.26 Å². The number of aromatic nitrogens is 2. The molecule has 0 aliphatic carbocycles. The minimum atomic E-state index is -0.566. The van der Waals surface area contributed by atoms with Crippen molar-refractivity contribution in [3.8, 4) is 6.07 Å². The third-order valence-corrected chi connectivity index (χ3v) is 4.49. The number of aromatic amines is 1. The van der Waals surface area contributed by atoms with Crippen molar-refractivity contribution in [3.05, 3.63) is 72.2 Å². The summed E-state index contributed by atoms with van der Waals surface area (Å²) in [5.74, 6) is 0. The van der Waals surface area contributed by atoms with E-state index in [2.05, 4.69) is 10.3 Å². The number of hydrogen-bond acceptors (Lipinski definition) is 6. The zero-order chi connectivity index (χ0) is 19.6. The number of H-pyrrole nitrogens is 1. The predicted octanol–water partition coefficient (Wildman–Crippen LogP) is 3.60. The molecule has 1 aromatic heterocycles. The van der Waals surface area contributed by atoms with Crippen LogP contribution in [-0.4, -0.2) is 21.0 Å². The summed E-state index contributed by atoms with van der Waals surface area (Å²) >= 11 is 11.2. The van der Waals surface area contributed by atoms with E-state index in [1.807, 2.05) is 6.07 Å². The van der Waals surface area contributed by atoms with Crippen molar-refractivity contribution in [1.82, 2.24) is 9.55 Å². The first-order chi connectivity index (χ1) is 12.9. The predicted molar refractivity (Wildman–Crippen MR) is 105 cm³/mol. The molecule has 0 aliphatic rings. The molecule has 1 heterocycles. The van der Waals surface area contributed by atoms with Crippen LogP contribution in [0.5, 0.6) is 0 Å². The summed E-state index contributed by atoms with van der Waals surface area (Å²) < 4.78 is 1.65. The van der Waals surface area contributed by atoms with Crippen molar-refractivity contribution in [2.45, 2.75) is 6.54 Å². The lowest BCUT2D eigenvalue weighted by Gasteiger charge is -2.11. The molecule has 136 valence electrons. The van der Waals surface area contributed by atoms with Gasteiger partial charge in [0.15, 0.2) is 4.77 Å².